The van der Waals surface area contributed by atoms with Crippen molar-refractivity contribution in [2.75, 3.05) is 12.3 Å². The third kappa shape index (κ3) is 4.69. The van der Waals surface area contributed by atoms with E-state index in [2.05, 4.69) is 20.8 Å². The molecule has 36 heavy (non-hydrogen) atoms. The average molecular weight is 521 g/mol. The first-order valence-electron chi connectivity index (χ1n) is 14.7. The molecule has 1 amide bonds. The molecule has 0 N–H and O–H groups in total. The van der Waals surface area contributed by atoms with Gasteiger partial charge in [0.05, 0.1) is 15.9 Å². The number of hydrogen-bond donors (Lipinski definition) is 0. The summed E-state index contributed by atoms with van der Waals surface area (Å²) in [6, 6.07) is -0.439. The molecule has 6 nitrogen and oxygen atoms in total. The highest BCUT2D eigenvalue weighted by atomic mass is 32.2. The normalized spacial score (nSPS) is 43.6. The lowest BCUT2D eigenvalue weighted by molar-refractivity contribution is -0.140. The van der Waals surface area contributed by atoms with Crippen LogP contribution in [0, 0.1) is 46.3 Å². The van der Waals surface area contributed by atoms with Gasteiger partial charge in [-0.3, -0.25) is 9.59 Å². The fraction of sp³-hybridized carbons (Fsp3) is 0.931. The molecule has 204 valence electrons. The molecule has 4 saturated carbocycles. The van der Waals surface area contributed by atoms with Gasteiger partial charge in [0.15, 0.2) is 0 Å². The monoisotopic (exact) mass is 520 g/mol. The van der Waals surface area contributed by atoms with Crippen LogP contribution in [0.4, 0.5) is 0 Å². The smallest absolute Gasteiger partial charge is 0.222 e. The van der Waals surface area contributed by atoms with Gasteiger partial charge in [-0.25, -0.2) is 8.42 Å². The summed E-state index contributed by atoms with van der Waals surface area (Å²) in [5, 5.41) is 0. The molecule has 0 radical (unpaired) electrons. The molecule has 0 unspecified atom stereocenters. The summed E-state index contributed by atoms with van der Waals surface area (Å²) in [5.41, 5.74) is 0.683. The summed E-state index contributed by atoms with van der Waals surface area (Å²) in [7, 11) is -4.32. The van der Waals surface area contributed by atoms with Crippen molar-refractivity contribution in [2.45, 2.75) is 110 Å². The van der Waals surface area contributed by atoms with Gasteiger partial charge in [0, 0.05) is 31.8 Å². The lowest BCUT2D eigenvalue weighted by Crippen LogP contribution is -2.53. The summed E-state index contributed by atoms with van der Waals surface area (Å²) < 4.78 is 33.8. The van der Waals surface area contributed by atoms with Crippen molar-refractivity contribution in [3.8, 4) is 0 Å². The molecule has 0 aromatic carbocycles. The van der Waals surface area contributed by atoms with Crippen LogP contribution in [0.2, 0.25) is 0 Å². The second-order valence-electron chi connectivity index (χ2n) is 13.8. The van der Waals surface area contributed by atoms with Crippen LogP contribution < -0.4 is 0 Å². The number of nitrogens with zero attached hydrogens (tertiary/aromatic N) is 1. The Balaban J connectivity index is 1.21. The van der Waals surface area contributed by atoms with Crippen LogP contribution in [0.25, 0.3) is 0 Å². The first-order chi connectivity index (χ1) is 16.9. The van der Waals surface area contributed by atoms with E-state index in [0.717, 1.165) is 49.9 Å². The number of likely N-dealkylation sites (tertiary alicyclic amines) is 1. The first kappa shape index (κ1) is 26.6. The maximum absolute atomic E-state index is 13.0. The molecule has 1 heterocycles. The first-order valence-corrected chi connectivity index (χ1v) is 16.2. The van der Waals surface area contributed by atoms with Gasteiger partial charge >= 0.3 is 0 Å². The van der Waals surface area contributed by atoms with Crippen LogP contribution in [0.5, 0.6) is 0 Å². The zero-order chi connectivity index (χ0) is 25.9. The Labute approximate surface area is 218 Å². The highest BCUT2D eigenvalue weighted by Gasteiger charge is 2.60. The largest absolute Gasteiger partial charge is 0.748 e. The number of amides is 1. The lowest BCUT2D eigenvalue weighted by atomic mass is 9.44. The molecule has 5 aliphatic rings. The Morgan fingerprint density at radius 1 is 1.06 bits per heavy atom. The van der Waals surface area contributed by atoms with Crippen molar-refractivity contribution < 1.29 is 22.6 Å². The number of Topliss-reactive ketones (excluding diaryl/α,β-unsaturated/α-hetero) is 1. The Kier molecular flexibility index (Phi) is 7.15. The van der Waals surface area contributed by atoms with Crippen LogP contribution >= 0.6 is 0 Å². The van der Waals surface area contributed by atoms with Crippen LogP contribution in [0.3, 0.4) is 0 Å². The molecule has 1 saturated heterocycles. The van der Waals surface area contributed by atoms with Gasteiger partial charge in [0.2, 0.25) is 5.91 Å². The Hall–Kier alpha value is -0.950. The second-order valence-corrected chi connectivity index (χ2v) is 15.2. The summed E-state index contributed by atoms with van der Waals surface area (Å²) in [5.74, 6) is 4.06. The van der Waals surface area contributed by atoms with E-state index in [-0.39, 0.29) is 5.91 Å². The minimum Gasteiger partial charge on any atom is -0.748 e. The molecule has 7 heteroatoms. The second kappa shape index (κ2) is 9.66. The molecule has 0 bridgehead atoms. The molecule has 0 aromatic heterocycles. The van der Waals surface area contributed by atoms with Crippen LogP contribution in [-0.4, -0.2) is 47.9 Å². The van der Waals surface area contributed by atoms with E-state index in [1.807, 2.05) is 0 Å². The fourth-order valence-corrected chi connectivity index (χ4v) is 11.1. The van der Waals surface area contributed by atoms with E-state index in [0.29, 0.717) is 53.8 Å². The van der Waals surface area contributed by atoms with E-state index in [1.54, 1.807) is 4.90 Å². The predicted molar refractivity (Wildman–Crippen MR) is 138 cm³/mol. The molecule has 1 aliphatic heterocycles. The summed E-state index contributed by atoms with van der Waals surface area (Å²) >= 11 is 0. The Morgan fingerprint density at radius 2 is 1.81 bits per heavy atom. The molecule has 4 aliphatic carbocycles. The minimum atomic E-state index is -4.32. The van der Waals surface area contributed by atoms with Crippen LogP contribution in [0.1, 0.15) is 104 Å². The quantitative estimate of drug-likeness (QED) is 0.451. The highest BCUT2D eigenvalue weighted by molar-refractivity contribution is 7.85. The maximum Gasteiger partial charge on any atom is 0.222 e. The van der Waals surface area contributed by atoms with Crippen molar-refractivity contribution in [3.63, 3.8) is 0 Å². The standard InChI is InChI=1S/C29H47NO5S/c1-19(6-11-27(32)30-16-4-5-21(30)18-36(33,34)35)24-9-10-25-23-8-7-20-17-22(31)12-14-28(20,2)26(23)13-15-29(24,25)3/h19-21,23-26H,4-18H2,1-3H3,(H,33,34,35)/p-1/t19-,20-,21-,23+,24-,25+,26+,28+,29-/m1/s1. The SMILES string of the molecule is C[C@H](CCC(=O)N1CCC[C@@H]1CS(=O)(=O)[O-])[C@H]1CC[C@H]2[C@@H]3CC[C@@H]4CC(=O)CC[C@]4(C)[C@H]3CC[C@]12C. The van der Waals surface area contributed by atoms with Crippen molar-refractivity contribution >= 4 is 21.8 Å². The van der Waals surface area contributed by atoms with Gasteiger partial charge in [-0.1, -0.05) is 20.8 Å². The number of rotatable bonds is 6. The minimum absolute atomic E-state index is 0.0227. The van der Waals surface area contributed by atoms with Gasteiger partial charge in [-0.15, -0.1) is 0 Å². The number of hydrogen-bond acceptors (Lipinski definition) is 5. The Bertz CT molecular complexity index is 980. The fourth-order valence-electron chi connectivity index (χ4n) is 10.3. The molecule has 0 aromatic rings. The van der Waals surface area contributed by atoms with E-state index in [1.165, 1.54) is 38.5 Å². The molecular formula is C29H46NO5S-. The van der Waals surface area contributed by atoms with Crippen molar-refractivity contribution in [3.05, 3.63) is 0 Å². The van der Waals surface area contributed by atoms with Gasteiger partial charge in [-0.05, 0) is 111 Å². The summed E-state index contributed by atoms with van der Waals surface area (Å²) in [6.07, 6.45) is 13.0. The summed E-state index contributed by atoms with van der Waals surface area (Å²) in [6.45, 7) is 7.95. The van der Waals surface area contributed by atoms with Crippen LogP contribution in [0.15, 0.2) is 0 Å². The molecule has 5 rings (SSSR count). The number of carbonyl (C=O) groups excluding carboxylic acids is 2. The van der Waals surface area contributed by atoms with Gasteiger partial charge in [0.25, 0.3) is 0 Å². The Morgan fingerprint density at radius 3 is 2.56 bits per heavy atom. The zero-order valence-corrected chi connectivity index (χ0v) is 23.4. The van der Waals surface area contributed by atoms with Gasteiger partial charge < -0.3 is 9.45 Å². The average Bonchev–Trinajstić information content (AvgIpc) is 3.40. The van der Waals surface area contributed by atoms with Crippen molar-refractivity contribution in [1.29, 1.82) is 0 Å². The maximum atomic E-state index is 13.0. The van der Waals surface area contributed by atoms with E-state index >= 15 is 0 Å². The highest BCUT2D eigenvalue weighted by Crippen LogP contribution is 2.68. The lowest BCUT2D eigenvalue weighted by Gasteiger charge is -2.60. The third-order valence-electron chi connectivity index (χ3n) is 12.1. The molecule has 5 fully saturated rings. The number of ketones is 1. The van der Waals surface area contributed by atoms with Crippen molar-refractivity contribution in [1.82, 2.24) is 4.90 Å². The van der Waals surface area contributed by atoms with E-state index in [9.17, 15) is 22.6 Å². The van der Waals surface area contributed by atoms with Gasteiger partial charge in [0.1, 0.15) is 5.78 Å². The predicted octanol–water partition coefficient (Wildman–Crippen LogP) is 5.17. The van der Waals surface area contributed by atoms with Gasteiger partial charge in [-0.2, -0.15) is 0 Å². The topological polar surface area (TPSA) is 94.6 Å². The zero-order valence-electron chi connectivity index (χ0n) is 22.5. The number of carbonyl (C=O) groups is 2. The molecule has 9 atom stereocenters. The van der Waals surface area contributed by atoms with Crippen LogP contribution in [-0.2, 0) is 19.7 Å². The van der Waals surface area contributed by atoms with E-state index in [4.69, 9.17) is 0 Å². The number of fused-ring (bicyclic) bond motifs is 5. The van der Waals surface area contributed by atoms with Crippen molar-refractivity contribution in [2.24, 2.45) is 46.3 Å². The third-order valence-corrected chi connectivity index (χ3v) is 12.9. The molecule has 0 spiro atoms. The summed E-state index contributed by atoms with van der Waals surface area (Å²) in [4.78, 5) is 26.9. The molecular weight excluding hydrogens is 474 g/mol. The van der Waals surface area contributed by atoms with E-state index < -0.39 is 21.9 Å².